The lowest BCUT2D eigenvalue weighted by molar-refractivity contribution is 0.852. The van der Waals surface area contributed by atoms with Gasteiger partial charge in [-0.2, -0.15) is 0 Å². The second-order valence-corrected chi connectivity index (χ2v) is 3.16. The summed E-state index contributed by atoms with van der Waals surface area (Å²) in [7, 11) is 0. The van der Waals surface area contributed by atoms with Crippen molar-refractivity contribution < 1.29 is 0 Å². The molecule has 1 radical (unpaired) electrons. The van der Waals surface area contributed by atoms with Gasteiger partial charge < -0.3 is 0 Å². The van der Waals surface area contributed by atoms with Gasteiger partial charge in [-0.05, 0) is 31.8 Å². The van der Waals surface area contributed by atoms with E-state index < -0.39 is 0 Å². The lowest BCUT2D eigenvalue weighted by Gasteiger charge is -1.89. The summed E-state index contributed by atoms with van der Waals surface area (Å²) in [6, 6.07) is 0. The molecule has 0 nitrogen and oxygen atoms in total. The van der Waals surface area contributed by atoms with Gasteiger partial charge in [-0.3, -0.25) is 0 Å². The Hall–Kier alpha value is -1.30. The fraction of sp³-hybridized carbons (Fsp3) is 0.286. The van der Waals surface area contributed by atoms with Gasteiger partial charge in [-0.25, -0.2) is 0 Å². The zero-order valence-electron chi connectivity index (χ0n) is 8.52. The Labute approximate surface area is 87.0 Å². The minimum absolute atomic E-state index is 0.990. The van der Waals surface area contributed by atoms with E-state index in [0.717, 1.165) is 19.3 Å². The number of hydrogen-bond acceptors (Lipinski definition) is 0. The van der Waals surface area contributed by atoms with Crippen molar-refractivity contribution in [2.24, 2.45) is 0 Å². The molecule has 0 aromatic rings. The van der Waals surface area contributed by atoms with Gasteiger partial charge in [0.1, 0.15) is 0 Å². The fourth-order valence-corrected chi connectivity index (χ4v) is 1.16. The van der Waals surface area contributed by atoms with Crippen molar-refractivity contribution in [3.63, 3.8) is 0 Å². The van der Waals surface area contributed by atoms with Crippen molar-refractivity contribution in [1.82, 2.24) is 0 Å². The third-order valence-corrected chi connectivity index (χ3v) is 1.92. The lowest BCUT2D eigenvalue weighted by Crippen LogP contribution is -1.70. The Kier molecular flexibility index (Phi) is 6.39. The molecule has 0 aromatic heterocycles. The average molecular weight is 185 g/mol. The molecule has 0 aliphatic heterocycles. The molecule has 0 unspecified atom stereocenters. The average Bonchev–Trinajstić information content (AvgIpc) is 2.22. The molecule has 0 amide bonds. The molecule has 14 heavy (non-hydrogen) atoms. The largest absolute Gasteiger partial charge is 0.0845 e. The highest BCUT2D eigenvalue weighted by Crippen LogP contribution is 1.99. The van der Waals surface area contributed by atoms with Gasteiger partial charge in [0.25, 0.3) is 0 Å². The van der Waals surface area contributed by atoms with Crippen LogP contribution in [-0.2, 0) is 0 Å². The van der Waals surface area contributed by atoms with E-state index in [2.05, 4.69) is 48.6 Å². The summed E-state index contributed by atoms with van der Waals surface area (Å²) in [4.78, 5) is 0. The summed E-state index contributed by atoms with van der Waals surface area (Å²) in [5, 5.41) is 0. The van der Waals surface area contributed by atoms with Crippen molar-refractivity contribution in [2.45, 2.75) is 25.7 Å². The van der Waals surface area contributed by atoms with Gasteiger partial charge in [0.15, 0.2) is 0 Å². The van der Waals surface area contributed by atoms with Crippen molar-refractivity contribution in [3.05, 3.63) is 60.8 Å². The Morgan fingerprint density at radius 1 is 0.786 bits per heavy atom. The predicted octanol–water partition coefficient (Wildman–Crippen LogP) is 4.14. The second-order valence-electron chi connectivity index (χ2n) is 3.16. The van der Waals surface area contributed by atoms with Crippen molar-refractivity contribution >= 4 is 0 Å². The van der Waals surface area contributed by atoms with Crippen LogP contribution in [0, 0.1) is 6.08 Å². The highest BCUT2D eigenvalue weighted by molar-refractivity contribution is 5.15. The Morgan fingerprint density at radius 3 is 2.36 bits per heavy atom. The minimum atomic E-state index is 0.990. The molecule has 0 atom stereocenters. The van der Waals surface area contributed by atoms with Gasteiger partial charge in [-0.1, -0.05) is 54.7 Å². The maximum absolute atomic E-state index is 3.29. The molecule has 0 bridgehead atoms. The highest BCUT2D eigenvalue weighted by atomic mass is 13.9. The van der Waals surface area contributed by atoms with Gasteiger partial charge in [0.05, 0.1) is 0 Å². The molecule has 0 heterocycles. The van der Waals surface area contributed by atoms with Gasteiger partial charge >= 0.3 is 0 Å². The molecular weight excluding hydrogens is 168 g/mol. The van der Waals surface area contributed by atoms with Crippen molar-refractivity contribution in [2.75, 3.05) is 0 Å². The molecule has 1 aliphatic carbocycles. The molecule has 0 spiro atoms. The summed E-state index contributed by atoms with van der Waals surface area (Å²) < 4.78 is 0. The number of allylic oxidation sites excluding steroid dienone is 10. The fourth-order valence-electron chi connectivity index (χ4n) is 1.16. The van der Waals surface area contributed by atoms with Gasteiger partial charge in [0.2, 0.25) is 0 Å². The first-order chi connectivity index (χ1) is 7.00. The van der Waals surface area contributed by atoms with Crippen LogP contribution in [0.5, 0.6) is 0 Å². The number of rotatable bonds is 0. The zero-order valence-corrected chi connectivity index (χ0v) is 8.52. The standard InChI is InChI=1S/C14H17/c1-2-4-6-8-10-12-14-13-11-9-7-5-3-1/h1-8,11H,9-10,12,14H2. The second kappa shape index (κ2) is 8.31. The van der Waals surface area contributed by atoms with Crippen LogP contribution in [0.15, 0.2) is 54.7 Å². The number of hydrogen-bond donors (Lipinski definition) is 0. The SMILES string of the molecule is [C]1=CCC=CC=CC=CC=CCCC1. The maximum atomic E-state index is 3.29. The van der Waals surface area contributed by atoms with Crippen molar-refractivity contribution in [1.29, 1.82) is 0 Å². The van der Waals surface area contributed by atoms with E-state index in [1.165, 1.54) is 6.42 Å². The molecule has 0 N–H and O–H groups in total. The van der Waals surface area contributed by atoms with Crippen LogP contribution in [0.4, 0.5) is 0 Å². The first kappa shape index (κ1) is 10.8. The highest BCUT2D eigenvalue weighted by Gasteiger charge is 1.80. The van der Waals surface area contributed by atoms with E-state index in [1.54, 1.807) is 0 Å². The first-order valence-electron chi connectivity index (χ1n) is 5.20. The minimum Gasteiger partial charge on any atom is -0.0845 e. The third-order valence-electron chi connectivity index (χ3n) is 1.92. The van der Waals surface area contributed by atoms with Crippen LogP contribution in [0.1, 0.15) is 25.7 Å². The monoisotopic (exact) mass is 185 g/mol. The Balaban J connectivity index is 2.46. The van der Waals surface area contributed by atoms with E-state index in [0.29, 0.717) is 0 Å². The Bertz CT molecular complexity index is 262. The topological polar surface area (TPSA) is 0 Å². The first-order valence-corrected chi connectivity index (χ1v) is 5.20. The van der Waals surface area contributed by atoms with E-state index in [-0.39, 0.29) is 0 Å². The molecule has 0 heteroatoms. The maximum Gasteiger partial charge on any atom is -0.0160 e. The van der Waals surface area contributed by atoms with Gasteiger partial charge in [-0.15, -0.1) is 0 Å². The lowest BCUT2D eigenvalue weighted by atomic mass is 10.2. The molecule has 73 valence electrons. The molecule has 0 saturated carbocycles. The molecule has 1 rings (SSSR count). The zero-order chi connectivity index (χ0) is 9.90. The summed E-state index contributed by atoms with van der Waals surface area (Å²) in [5.74, 6) is 0. The van der Waals surface area contributed by atoms with Crippen LogP contribution in [0.25, 0.3) is 0 Å². The third kappa shape index (κ3) is 6.24. The molecule has 0 fully saturated rings. The predicted molar refractivity (Wildman–Crippen MR) is 62.8 cm³/mol. The smallest absolute Gasteiger partial charge is 0.0160 e. The van der Waals surface area contributed by atoms with Crippen LogP contribution < -0.4 is 0 Å². The van der Waals surface area contributed by atoms with Crippen LogP contribution in [0.3, 0.4) is 0 Å². The Morgan fingerprint density at radius 2 is 1.50 bits per heavy atom. The van der Waals surface area contributed by atoms with Crippen molar-refractivity contribution in [3.8, 4) is 0 Å². The quantitative estimate of drug-likeness (QED) is 0.532. The summed E-state index contributed by atoms with van der Waals surface area (Å²) in [6.07, 6.45) is 26.5. The van der Waals surface area contributed by atoms with E-state index in [1.807, 2.05) is 12.2 Å². The summed E-state index contributed by atoms with van der Waals surface area (Å²) in [6.45, 7) is 0. The molecular formula is C14H17. The van der Waals surface area contributed by atoms with E-state index in [4.69, 9.17) is 0 Å². The van der Waals surface area contributed by atoms with Gasteiger partial charge in [0, 0.05) is 0 Å². The summed E-state index contributed by atoms with van der Waals surface area (Å²) in [5.41, 5.74) is 0. The molecule has 0 aromatic carbocycles. The normalized spacial score (nSPS) is 18.3. The van der Waals surface area contributed by atoms with Crippen LogP contribution >= 0.6 is 0 Å². The molecule has 1 aliphatic rings. The summed E-state index contributed by atoms with van der Waals surface area (Å²) >= 11 is 0. The molecule has 0 saturated heterocycles. The van der Waals surface area contributed by atoms with Crippen LogP contribution in [-0.4, -0.2) is 0 Å². The van der Waals surface area contributed by atoms with Crippen LogP contribution in [0.2, 0.25) is 0 Å². The van der Waals surface area contributed by atoms with E-state index in [9.17, 15) is 0 Å². The van der Waals surface area contributed by atoms with E-state index >= 15 is 0 Å².